The van der Waals surface area contributed by atoms with Crippen LogP contribution in [-0.2, 0) is 22.6 Å². The van der Waals surface area contributed by atoms with Gasteiger partial charge in [-0.3, -0.25) is 14.7 Å². The number of fused-ring (bicyclic) bond motifs is 1. The van der Waals surface area contributed by atoms with Gasteiger partial charge in [-0.2, -0.15) is 0 Å². The number of pyridine rings is 1. The van der Waals surface area contributed by atoms with E-state index in [1.54, 1.807) is 6.20 Å². The number of nitrogens with zero attached hydrogens (tertiary/aromatic N) is 2. The zero-order valence-corrected chi connectivity index (χ0v) is 21.7. The van der Waals surface area contributed by atoms with Gasteiger partial charge in [0.1, 0.15) is 12.4 Å². The van der Waals surface area contributed by atoms with Crippen molar-refractivity contribution in [1.29, 1.82) is 0 Å². The van der Waals surface area contributed by atoms with Crippen LogP contribution in [0, 0.1) is 6.92 Å². The molecular formula is C27H38N3O3P. The first-order valence-electron chi connectivity index (χ1n) is 12.2. The van der Waals surface area contributed by atoms with Gasteiger partial charge < -0.3 is 15.2 Å². The Morgan fingerprint density at radius 1 is 1.35 bits per heavy atom. The summed E-state index contributed by atoms with van der Waals surface area (Å²) in [5.74, 6) is 2.98. The molecule has 2 aromatic rings. The molecule has 6 nitrogen and oxygen atoms in total. The molecule has 7 heteroatoms. The average molecular weight is 484 g/mol. The summed E-state index contributed by atoms with van der Waals surface area (Å²) < 4.78 is 11.2. The number of allylic oxidation sites excluding steroid dienone is 1. The van der Waals surface area contributed by atoms with Crippen LogP contribution < -0.4 is 10.5 Å². The van der Waals surface area contributed by atoms with Crippen molar-refractivity contribution in [3.63, 3.8) is 0 Å². The molecule has 2 unspecified atom stereocenters. The molecule has 2 atom stereocenters. The number of ether oxygens (including phenoxy) is 2. The lowest BCUT2D eigenvalue weighted by Gasteiger charge is -2.23. The molecule has 1 aromatic carbocycles. The highest BCUT2D eigenvalue weighted by molar-refractivity contribution is 7.41. The lowest BCUT2D eigenvalue weighted by Crippen LogP contribution is -2.25. The fourth-order valence-corrected chi connectivity index (χ4v) is 4.83. The number of rotatable bonds is 11. The number of carbonyl (C=O) groups is 1. The second-order valence-electron chi connectivity index (χ2n) is 8.75. The monoisotopic (exact) mass is 483 g/mol. The van der Waals surface area contributed by atoms with Crippen LogP contribution in [0.5, 0.6) is 5.75 Å². The molecule has 0 amide bonds. The number of esters is 1. The number of hydrogen-bond donors (Lipinski definition) is 1. The topological polar surface area (TPSA) is 77.7 Å². The van der Waals surface area contributed by atoms with Gasteiger partial charge in [0.25, 0.3) is 0 Å². The number of aryl methyl sites for hydroxylation is 1. The molecule has 1 aromatic heterocycles. The lowest BCUT2D eigenvalue weighted by molar-refractivity contribution is -0.143. The summed E-state index contributed by atoms with van der Waals surface area (Å²) in [5.41, 5.74) is 12.0. The van der Waals surface area contributed by atoms with Crippen LogP contribution in [0.4, 0.5) is 0 Å². The summed E-state index contributed by atoms with van der Waals surface area (Å²) in [6.07, 6.45) is 6.76. The molecule has 3 rings (SSSR count). The van der Waals surface area contributed by atoms with Crippen LogP contribution in [0.25, 0.3) is 0 Å². The molecule has 0 saturated heterocycles. The Kier molecular flexibility index (Phi) is 10.4. The molecule has 2 heterocycles. The van der Waals surface area contributed by atoms with Crippen LogP contribution in [-0.4, -0.2) is 41.8 Å². The summed E-state index contributed by atoms with van der Waals surface area (Å²) in [6.45, 7) is 9.69. The first-order chi connectivity index (χ1) is 16.5. The molecular weight excluding hydrogens is 445 g/mol. The SMILES string of the molecule is CCOC(=O)CC(CC/C(N)=C/PCC)c1ccc(C)c(CN2CCOc3ccncc3C2)c1. The lowest BCUT2D eigenvalue weighted by atomic mass is 9.88. The van der Waals surface area contributed by atoms with Gasteiger partial charge in [0, 0.05) is 43.3 Å². The van der Waals surface area contributed by atoms with E-state index in [4.69, 9.17) is 15.2 Å². The second kappa shape index (κ2) is 13.5. The zero-order chi connectivity index (χ0) is 24.3. The van der Waals surface area contributed by atoms with Crippen molar-refractivity contribution < 1.29 is 14.3 Å². The summed E-state index contributed by atoms with van der Waals surface area (Å²) in [4.78, 5) is 19.0. The van der Waals surface area contributed by atoms with E-state index >= 15 is 0 Å². The van der Waals surface area contributed by atoms with Gasteiger partial charge in [-0.1, -0.05) is 33.7 Å². The molecule has 0 saturated carbocycles. The first-order valence-corrected chi connectivity index (χ1v) is 13.5. The van der Waals surface area contributed by atoms with E-state index < -0.39 is 0 Å². The Morgan fingerprint density at radius 2 is 2.21 bits per heavy atom. The minimum absolute atomic E-state index is 0.0766. The standard InChI is InChI=1S/C27H38N3O3P/c1-4-32-27(31)15-22(8-9-25(28)19-34-5-2)21-7-6-20(3)23(14-21)17-30-12-13-33-26-10-11-29-16-24(26)18-30/h6-7,10-11,14,16,19,22,34H,4-5,8-9,12-13,15,17-18,28H2,1-3H3/b25-19-. The number of benzene rings is 1. The molecule has 0 radical (unpaired) electrons. The molecule has 0 fully saturated rings. The van der Waals surface area contributed by atoms with Crippen molar-refractivity contribution in [3.05, 3.63) is 70.4 Å². The van der Waals surface area contributed by atoms with Crippen LogP contribution in [0.1, 0.15) is 61.3 Å². The van der Waals surface area contributed by atoms with Gasteiger partial charge >= 0.3 is 5.97 Å². The molecule has 2 N–H and O–H groups in total. The predicted molar refractivity (Wildman–Crippen MR) is 139 cm³/mol. The molecule has 1 aliphatic rings. The quantitative estimate of drug-likeness (QED) is 0.354. The maximum Gasteiger partial charge on any atom is 0.306 e. The average Bonchev–Trinajstić information content (AvgIpc) is 3.03. The van der Waals surface area contributed by atoms with E-state index in [-0.39, 0.29) is 11.9 Å². The Morgan fingerprint density at radius 3 is 3.00 bits per heavy atom. The first kappa shape index (κ1) is 26.2. The van der Waals surface area contributed by atoms with Gasteiger partial charge in [-0.15, -0.1) is 0 Å². The normalized spacial score (nSPS) is 15.6. The number of hydrogen-bond acceptors (Lipinski definition) is 6. The zero-order valence-electron chi connectivity index (χ0n) is 20.7. The van der Waals surface area contributed by atoms with E-state index in [0.29, 0.717) is 19.6 Å². The van der Waals surface area contributed by atoms with E-state index in [1.807, 2.05) is 19.2 Å². The Hall–Kier alpha value is -2.43. The van der Waals surface area contributed by atoms with Crippen LogP contribution >= 0.6 is 8.58 Å². The Labute approximate surface area is 205 Å². The van der Waals surface area contributed by atoms with Crippen molar-refractivity contribution >= 4 is 14.6 Å². The van der Waals surface area contributed by atoms with Gasteiger partial charge in [-0.25, -0.2) is 0 Å². The molecule has 0 spiro atoms. The summed E-state index contributed by atoms with van der Waals surface area (Å²) in [5, 5.41) is 0. The van der Waals surface area contributed by atoms with Crippen molar-refractivity contribution in [2.75, 3.05) is 25.9 Å². The minimum atomic E-state index is -0.151. The van der Waals surface area contributed by atoms with E-state index in [2.05, 4.69) is 47.7 Å². The maximum absolute atomic E-state index is 12.4. The highest BCUT2D eigenvalue weighted by Gasteiger charge is 2.20. The molecule has 184 valence electrons. The smallest absolute Gasteiger partial charge is 0.306 e. The fraction of sp³-hybridized carbons (Fsp3) is 0.481. The predicted octanol–water partition coefficient (Wildman–Crippen LogP) is 5.10. The van der Waals surface area contributed by atoms with Crippen molar-refractivity contribution in [2.24, 2.45) is 5.73 Å². The third-order valence-corrected chi connectivity index (χ3v) is 7.13. The molecule has 0 bridgehead atoms. The molecule has 0 aliphatic carbocycles. The summed E-state index contributed by atoms with van der Waals surface area (Å²) in [7, 11) is 0.747. The van der Waals surface area contributed by atoms with Crippen LogP contribution in [0.15, 0.2) is 48.2 Å². The number of aromatic nitrogens is 1. The van der Waals surface area contributed by atoms with Crippen molar-refractivity contribution in [2.45, 2.75) is 59.0 Å². The summed E-state index contributed by atoms with van der Waals surface area (Å²) >= 11 is 0. The second-order valence-corrected chi connectivity index (χ2v) is 10.2. The van der Waals surface area contributed by atoms with Gasteiger partial charge in [0.15, 0.2) is 0 Å². The largest absolute Gasteiger partial charge is 0.492 e. The van der Waals surface area contributed by atoms with Gasteiger partial charge in [0.2, 0.25) is 0 Å². The minimum Gasteiger partial charge on any atom is -0.492 e. The number of nitrogens with two attached hydrogens (primary N) is 1. The van der Waals surface area contributed by atoms with Gasteiger partial charge in [-0.05, 0) is 67.3 Å². The highest BCUT2D eigenvalue weighted by atomic mass is 31.1. The van der Waals surface area contributed by atoms with Crippen LogP contribution in [0.3, 0.4) is 0 Å². The van der Waals surface area contributed by atoms with E-state index in [0.717, 1.165) is 64.2 Å². The third kappa shape index (κ3) is 7.82. The maximum atomic E-state index is 12.4. The number of carbonyl (C=O) groups excluding carboxylic acids is 1. The third-order valence-electron chi connectivity index (χ3n) is 6.15. The van der Waals surface area contributed by atoms with Crippen molar-refractivity contribution in [1.82, 2.24) is 9.88 Å². The van der Waals surface area contributed by atoms with Crippen molar-refractivity contribution in [3.8, 4) is 5.75 Å². The highest BCUT2D eigenvalue weighted by Crippen LogP contribution is 2.30. The molecule has 34 heavy (non-hydrogen) atoms. The Balaban J connectivity index is 1.77. The van der Waals surface area contributed by atoms with Crippen LogP contribution in [0.2, 0.25) is 0 Å². The summed E-state index contributed by atoms with van der Waals surface area (Å²) in [6, 6.07) is 8.53. The van der Waals surface area contributed by atoms with E-state index in [1.165, 1.54) is 16.7 Å². The fourth-order valence-electron chi connectivity index (χ4n) is 4.22. The Bertz CT molecular complexity index is 979. The van der Waals surface area contributed by atoms with Gasteiger partial charge in [0.05, 0.1) is 13.0 Å². The molecule has 1 aliphatic heterocycles. The van der Waals surface area contributed by atoms with E-state index in [9.17, 15) is 4.79 Å².